The van der Waals surface area contributed by atoms with Crippen molar-refractivity contribution in [2.45, 2.75) is 24.5 Å². The molecule has 0 aromatic carbocycles. The van der Waals surface area contributed by atoms with Crippen LogP contribution in [0.4, 0.5) is 0 Å². The van der Waals surface area contributed by atoms with Crippen LogP contribution in [0.1, 0.15) is 12.8 Å². The largest absolute Gasteiger partial charge is 0.480 e. The number of rotatable bonds is 4. The normalized spacial score (nSPS) is 27.1. The molecule has 1 aliphatic carbocycles. The Bertz CT molecular complexity index is 482. The van der Waals surface area contributed by atoms with Gasteiger partial charge in [0.25, 0.3) is 5.91 Å². The van der Waals surface area contributed by atoms with Crippen LogP contribution >= 0.6 is 0 Å². The number of ether oxygens (including phenoxy) is 1. The van der Waals surface area contributed by atoms with Crippen molar-refractivity contribution in [2.24, 2.45) is 5.73 Å². The molecule has 116 valence electrons. The lowest BCUT2D eigenvalue weighted by Gasteiger charge is -2.34. The van der Waals surface area contributed by atoms with Crippen LogP contribution in [0.2, 0.25) is 0 Å². The summed E-state index contributed by atoms with van der Waals surface area (Å²) in [6.07, 6.45) is 4.97. The summed E-state index contributed by atoms with van der Waals surface area (Å²) in [6.45, 7) is 1.88. The zero-order chi connectivity index (χ0) is 15.5. The van der Waals surface area contributed by atoms with Gasteiger partial charge in [-0.15, -0.1) is 0 Å². The third-order valence-corrected chi connectivity index (χ3v) is 3.69. The number of aliphatic hydroxyl groups is 1. The number of amides is 1. The Hall–Kier alpha value is -1.70. The van der Waals surface area contributed by atoms with Crippen molar-refractivity contribution in [1.29, 1.82) is 0 Å². The number of nitrogens with zero attached hydrogens (tertiary/aromatic N) is 1. The Labute approximate surface area is 122 Å². The van der Waals surface area contributed by atoms with E-state index in [2.05, 4.69) is 0 Å². The fraction of sp³-hybridized carbons (Fsp3) is 0.571. The van der Waals surface area contributed by atoms with E-state index in [1.54, 1.807) is 17.1 Å². The highest BCUT2D eigenvalue weighted by Gasteiger charge is 2.38. The molecule has 4 N–H and O–H groups in total. The Morgan fingerprint density at radius 2 is 2.10 bits per heavy atom. The lowest BCUT2D eigenvalue weighted by atomic mass is 9.88. The zero-order valence-electron chi connectivity index (χ0n) is 11.7. The average Bonchev–Trinajstić information content (AvgIpc) is 2.49. The van der Waals surface area contributed by atoms with Gasteiger partial charge in [-0.2, -0.15) is 0 Å². The molecule has 2 rings (SSSR count). The van der Waals surface area contributed by atoms with Crippen molar-refractivity contribution in [3.63, 3.8) is 0 Å². The van der Waals surface area contributed by atoms with Gasteiger partial charge in [-0.1, -0.05) is 12.2 Å². The summed E-state index contributed by atoms with van der Waals surface area (Å²) in [4.78, 5) is 24.6. The minimum absolute atomic E-state index is 0.126. The minimum atomic E-state index is -1.56. The fourth-order valence-electron chi connectivity index (χ4n) is 2.36. The van der Waals surface area contributed by atoms with Gasteiger partial charge in [0.15, 0.2) is 5.60 Å². The Morgan fingerprint density at radius 3 is 2.62 bits per heavy atom. The molecule has 1 amide bonds. The average molecular weight is 296 g/mol. The summed E-state index contributed by atoms with van der Waals surface area (Å²) < 4.78 is 5.18. The predicted octanol–water partition coefficient (Wildman–Crippen LogP) is -0.735. The monoisotopic (exact) mass is 296 g/mol. The van der Waals surface area contributed by atoms with Crippen molar-refractivity contribution >= 4 is 11.9 Å². The van der Waals surface area contributed by atoms with E-state index in [0.717, 1.165) is 0 Å². The summed E-state index contributed by atoms with van der Waals surface area (Å²) in [7, 11) is 0. The molecule has 1 heterocycles. The molecule has 0 radical (unpaired) electrons. The number of carbonyl (C=O) groups is 2. The first-order valence-electron chi connectivity index (χ1n) is 6.88. The van der Waals surface area contributed by atoms with Crippen molar-refractivity contribution in [2.75, 3.05) is 26.3 Å². The molecule has 0 spiro atoms. The summed E-state index contributed by atoms with van der Waals surface area (Å²) >= 11 is 0. The van der Waals surface area contributed by atoms with Gasteiger partial charge in [-0.25, -0.2) is 0 Å². The van der Waals surface area contributed by atoms with Crippen LogP contribution in [0.3, 0.4) is 0 Å². The second-order valence-electron chi connectivity index (χ2n) is 5.29. The van der Waals surface area contributed by atoms with Crippen LogP contribution in [-0.4, -0.2) is 64.9 Å². The predicted molar refractivity (Wildman–Crippen MR) is 74.4 cm³/mol. The Kier molecular flexibility index (Phi) is 4.76. The molecule has 21 heavy (non-hydrogen) atoms. The maximum Gasteiger partial charge on any atom is 0.320 e. The van der Waals surface area contributed by atoms with Gasteiger partial charge in [-0.05, 0) is 18.1 Å². The third-order valence-electron chi connectivity index (χ3n) is 3.69. The van der Waals surface area contributed by atoms with Crippen LogP contribution < -0.4 is 5.73 Å². The summed E-state index contributed by atoms with van der Waals surface area (Å²) in [5, 5.41) is 19.2. The number of aliphatic carboxylic acids is 1. The number of morpholine rings is 1. The highest BCUT2D eigenvalue weighted by atomic mass is 16.5. The summed E-state index contributed by atoms with van der Waals surface area (Å²) in [5.41, 5.74) is 4.62. The van der Waals surface area contributed by atoms with Crippen LogP contribution in [-0.2, 0) is 14.3 Å². The first-order valence-corrected chi connectivity index (χ1v) is 6.88. The van der Waals surface area contributed by atoms with Crippen LogP contribution in [0, 0.1) is 0 Å². The molecule has 0 aromatic heterocycles. The van der Waals surface area contributed by atoms with Gasteiger partial charge in [0, 0.05) is 19.5 Å². The third kappa shape index (κ3) is 3.69. The number of hydrogen-bond donors (Lipinski definition) is 3. The first kappa shape index (κ1) is 15.7. The van der Waals surface area contributed by atoms with E-state index in [4.69, 9.17) is 15.6 Å². The van der Waals surface area contributed by atoms with Crippen molar-refractivity contribution in [3.05, 3.63) is 23.8 Å². The van der Waals surface area contributed by atoms with Crippen molar-refractivity contribution < 1.29 is 24.5 Å². The van der Waals surface area contributed by atoms with Gasteiger partial charge in [0.2, 0.25) is 0 Å². The fourth-order valence-corrected chi connectivity index (χ4v) is 2.36. The van der Waals surface area contributed by atoms with Crippen molar-refractivity contribution in [3.8, 4) is 0 Å². The molecule has 1 unspecified atom stereocenters. The molecule has 7 nitrogen and oxygen atoms in total. The van der Waals surface area contributed by atoms with E-state index in [9.17, 15) is 14.7 Å². The first-order chi connectivity index (χ1) is 9.92. The highest BCUT2D eigenvalue weighted by Crippen LogP contribution is 2.25. The van der Waals surface area contributed by atoms with Gasteiger partial charge in [0.05, 0.1) is 13.2 Å². The molecule has 7 heteroatoms. The van der Waals surface area contributed by atoms with Gasteiger partial charge >= 0.3 is 5.97 Å². The van der Waals surface area contributed by atoms with Gasteiger partial charge < -0.3 is 25.6 Å². The lowest BCUT2D eigenvalue weighted by Crippen LogP contribution is -2.52. The minimum Gasteiger partial charge on any atom is -0.480 e. The molecular formula is C14H20N2O5. The SMILES string of the molecule is N[C@@H](CC1=CCC(O)(C(=O)N2CCOCC2)C=C1)C(=O)O. The van der Waals surface area contributed by atoms with E-state index < -0.39 is 17.6 Å². The van der Waals surface area contributed by atoms with Crippen LogP contribution in [0.25, 0.3) is 0 Å². The number of nitrogens with two attached hydrogens (primary N) is 1. The number of carboxylic acid groups (broad SMARTS) is 1. The summed E-state index contributed by atoms with van der Waals surface area (Å²) in [5.74, 6) is -1.42. The van der Waals surface area contributed by atoms with E-state index in [1.807, 2.05) is 0 Å². The highest BCUT2D eigenvalue weighted by molar-refractivity contribution is 5.88. The maximum absolute atomic E-state index is 12.3. The summed E-state index contributed by atoms with van der Waals surface area (Å²) in [6, 6.07) is -0.984. The molecule has 2 aliphatic rings. The van der Waals surface area contributed by atoms with E-state index >= 15 is 0 Å². The molecule has 1 saturated heterocycles. The smallest absolute Gasteiger partial charge is 0.320 e. The van der Waals surface area contributed by atoms with Gasteiger partial charge in [0.1, 0.15) is 6.04 Å². The number of allylic oxidation sites excluding steroid dienone is 1. The Balaban J connectivity index is 1.97. The number of carboxylic acids is 1. The molecule has 1 fully saturated rings. The Morgan fingerprint density at radius 1 is 1.43 bits per heavy atom. The topological polar surface area (TPSA) is 113 Å². The van der Waals surface area contributed by atoms with E-state index in [-0.39, 0.29) is 18.7 Å². The molecule has 1 aliphatic heterocycles. The number of hydrogen-bond acceptors (Lipinski definition) is 5. The second kappa shape index (κ2) is 6.38. The lowest BCUT2D eigenvalue weighted by molar-refractivity contribution is -0.150. The second-order valence-corrected chi connectivity index (χ2v) is 5.29. The zero-order valence-corrected chi connectivity index (χ0v) is 11.7. The van der Waals surface area contributed by atoms with E-state index in [1.165, 1.54) is 6.08 Å². The van der Waals surface area contributed by atoms with Crippen LogP contribution in [0.15, 0.2) is 23.8 Å². The molecule has 2 atom stereocenters. The molecular weight excluding hydrogens is 276 g/mol. The standard InChI is InChI=1S/C14H20N2O5/c15-11(12(17)18)9-10-1-3-14(20,4-2-10)13(19)16-5-7-21-8-6-16/h1-3,11,20H,4-9,15H2,(H,17,18)/t11-,14?/m0/s1. The maximum atomic E-state index is 12.3. The quantitative estimate of drug-likeness (QED) is 0.630. The van der Waals surface area contributed by atoms with Crippen molar-refractivity contribution in [1.82, 2.24) is 4.90 Å². The number of carbonyl (C=O) groups excluding carboxylic acids is 1. The molecule has 0 bridgehead atoms. The van der Waals surface area contributed by atoms with E-state index in [0.29, 0.717) is 31.9 Å². The van der Waals surface area contributed by atoms with Crippen LogP contribution in [0.5, 0.6) is 0 Å². The van der Waals surface area contributed by atoms with Gasteiger partial charge in [-0.3, -0.25) is 9.59 Å². The molecule has 0 saturated carbocycles. The molecule has 0 aromatic rings.